The number of hydrogen-bond acceptors (Lipinski definition) is 2. The van der Waals surface area contributed by atoms with Gasteiger partial charge in [0.05, 0.1) is 0 Å². The highest BCUT2D eigenvalue weighted by molar-refractivity contribution is 9.10. The SMILES string of the molecule is O=C(C=Cc1ccc(Br)cc1)N1CC(CO)C1. The van der Waals surface area contributed by atoms with E-state index in [-0.39, 0.29) is 18.4 Å². The highest BCUT2D eigenvalue weighted by Crippen LogP contribution is 2.16. The van der Waals surface area contributed by atoms with Crippen LogP contribution in [0.3, 0.4) is 0 Å². The van der Waals surface area contributed by atoms with E-state index in [1.807, 2.05) is 24.3 Å². The zero-order valence-corrected chi connectivity index (χ0v) is 10.9. The molecule has 2 rings (SSSR count). The average Bonchev–Trinajstić information content (AvgIpc) is 2.27. The molecule has 1 saturated heterocycles. The van der Waals surface area contributed by atoms with Gasteiger partial charge in [0.1, 0.15) is 0 Å². The molecular weight excluding hydrogens is 282 g/mol. The molecule has 1 aliphatic heterocycles. The van der Waals surface area contributed by atoms with Crippen molar-refractivity contribution in [2.24, 2.45) is 5.92 Å². The molecule has 1 heterocycles. The number of rotatable bonds is 3. The Kier molecular flexibility index (Phi) is 3.97. The van der Waals surface area contributed by atoms with Gasteiger partial charge in [0.25, 0.3) is 0 Å². The van der Waals surface area contributed by atoms with Crippen molar-refractivity contribution in [3.63, 3.8) is 0 Å². The lowest BCUT2D eigenvalue weighted by atomic mass is 10.0. The Balaban J connectivity index is 1.88. The number of aliphatic hydroxyl groups is 1. The minimum Gasteiger partial charge on any atom is -0.396 e. The first-order chi connectivity index (χ1) is 8.19. The largest absolute Gasteiger partial charge is 0.396 e. The van der Waals surface area contributed by atoms with Crippen molar-refractivity contribution >= 4 is 27.9 Å². The number of carbonyl (C=O) groups excluding carboxylic acids is 1. The molecule has 0 atom stereocenters. The van der Waals surface area contributed by atoms with E-state index < -0.39 is 0 Å². The van der Waals surface area contributed by atoms with Crippen LogP contribution in [0.5, 0.6) is 0 Å². The number of aliphatic hydroxyl groups excluding tert-OH is 1. The number of halogens is 1. The van der Waals surface area contributed by atoms with Crippen molar-refractivity contribution in [2.75, 3.05) is 19.7 Å². The van der Waals surface area contributed by atoms with Crippen LogP contribution < -0.4 is 0 Å². The molecule has 3 nitrogen and oxygen atoms in total. The van der Waals surface area contributed by atoms with Gasteiger partial charge in [-0.05, 0) is 23.8 Å². The molecular formula is C13H14BrNO2. The highest BCUT2D eigenvalue weighted by Gasteiger charge is 2.28. The van der Waals surface area contributed by atoms with Gasteiger partial charge in [-0.3, -0.25) is 4.79 Å². The maximum absolute atomic E-state index is 11.7. The fourth-order valence-electron chi connectivity index (χ4n) is 1.71. The summed E-state index contributed by atoms with van der Waals surface area (Å²) in [6.07, 6.45) is 3.39. The number of benzene rings is 1. The number of hydrogen-bond donors (Lipinski definition) is 1. The molecule has 1 aliphatic rings. The van der Waals surface area contributed by atoms with E-state index in [4.69, 9.17) is 5.11 Å². The minimum absolute atomic E-state index is 0.0117. The summed E-state index contributed by atoms with van der Waals surface area (Å²) < 4.78 is 1.02. The van der Waals surface area contributed by atoms with Gasteiger partial charge < -0.3 is 10.0 Å². The van der Waals surface area contributed by atoms with Gasteiger partial charge in [0, 0.05) is 36.2 Å². The van der Waals surface area contributed by atoms with Crippen LogP contribution in [0, 0.1) is 5.92 Å². The first-order valence-electron chi connectivity index (χ1n) is 5.52. The molecule has 0 saturated carbocycles. The molecule has 0 unspecified atom stereocenters. The lowest BCUT2D eigenvalue weighted by Gasteiger charge is -2.37. The highest BCUT2D eigenvalue weighted by atomic mass is 79.9. The van der Waals surface area contributed by atoms with Gasteiger partial charge in [-0.1, -0.05) is 28.1 Å². The van der Waals surface area contributed by atoms with Crippen molar-refractivity contribution in [3.05, 3.63) is 40.4 Å². The number of amides is 1. The molecule has 1 N–H and O–H groups in total. The molecule has 1 amide bonds. The second-order valence-corrected chi connectivity index (χ2v) is 5.09. The third kappa shape index (κ3) is 3.17. The van der Waals surface area contributed by atoms with Gasteiger partial charge in [-0.2, -0.15) is 0 Å². The zero-order chi connectivity index (χ0) is 12.3. The van der Waals surface area contributed by atoms with E-state index >= 15 is 0 Å². The Morgan fingerprint density at radius 1 is 1.41 bits per heavy atom. The van der Waals surface area contributed by atoms with Crippen molar-refractivity contribution in [2.45, 2.75) is 0 Å². The van der Waals surface area contributed by atoms with Gasteiger partial charge in [-0.25, -0.2) is 0 Å². The van der Waals surface area contributed by atoms with Gasteiger partial charge in [-0.15, -0.1) is 0 Å². The van der Waals surface area contributed by atoms with Crippen LogP contribution in [0.2, 0.25) is 0 Å². The zero-order valence-electron chi connectivity index (χ0n) is 9.34. The molecule has 1 aromatic rings. The Bertz CT molecular complexity index is 422. The summed E-state index contributed by atoms with van der Waals surface area (Å²) in [5.41, 5.74) is 1.00. The van der Waals surface area contributed by atoms with Crippen LogP contribution >= 0.6 is 15.9 Å². The van der Waals surface area contributed by atoms with E-state index in [0.29, 0.717) is 13.1 Å². The molecule has 0 bridgehead atoms. The van der Waals surface area contributed by atoms with Crippen molar-refractivity contribution < 1.29 is 9.90 Å². The van der Waals surface area contributed by atoms with Gasteiger partial charge in [0.2, 0.25) is 5.91 Å². The maximum atomic E-state index is 11.7. The van der Waals surface area contributed by atoms with Gasteiger partial charge in [0.15, 0.2) is 0 Å². The summed E-state index contributed by atoms with van der Waals surface area (Å²) in [5.74, 6) is 0.276. The van der Waals surface area contributed by atoms with Crippen molar-refractivity contribution in [1.82, 2.24) is 4.90 Å². The van der Waals surface area contributed by atoms with E-state index in [9.17, 15) is 4.79 Å². The molecule has 4 heteroatoms. The van der Waals surface area contributed by atoms with E-state index in [2.05, 4.69) is 15.9 Å². The standard InChI is InChI=1S/C13H14BrNO2/c14-12-4-1-10(2-5-12)3-6-13(17)15-7-11(8-15)9-16/h1-6,11,16H,7-9H2. The normalized spacial score (nSPS) is 16.2. The lowest BCUT2D eigenvalue weighted by molar-refractivity contribution is -0.132. The molecule has 0 aromatic heterocycles. The Labute approximate surface area is 109 Å². The predicted molar refractivity (Wildman–Crippen MR) is 70.3 cm³/mol. The fraction of sp³-hybridized carbons (Fsp3) is 0.308. The second kappa shape index (κ2) is 5.47. The van der Waals surface area contributed by atoms with Crippen LogP contribution in [-0.2, 0) is 4.79 Å². The summed E-state index contributed by atoms with van der Waals surface area (Å²) in [6, 6.07) is 7.77. The third-order valence-corrected chi connectivity index (χ3v) is 3.34. The van der Waals surface area contributed by atoms with E-state index in [1.165, 1.54) is 0 Å². The van der Waals surface area contributed by atoms with Crippen LogP contribution in [0.15, 0.2) is 34.8 Å². The van der Waals surface area contributed by atoms with Crippen LogP contribution in [0.25, 0.3) is 6.08 Å². The smallest absolute Gasteiger partial charge is 0.246 e. The number of likely N-dealkylation sites (tertiary alicyclic amines) is 1. The summed E-state index contributed by atoms with van der Waals surface area (Å²) in [6.45, 7) is 1.50. The van der Waals surface area contributed by atoms with E-state index in [1.54, 1.807) is 17.1 Å². The topological polar surface area (TPSA) is 40.5 Å². The summed E-state index contributed by atoms with van der Waals surface area (Å²) >= 11 is 3.36. The molecule has 0 aliphatic carbocycles. The molecule has 1 fully saturated rings. The van der Waals surface area contributed by atoms with Crippen LogP contribution in [-0.4, -0.2) is 35.6 Å². The Morgan fingerprint density at radius 2 is 2.06 bits per heavy atom. The third-order valence-electron chi connectivity index (χ3n) is 2.82. The first-order valence-corrected chi connectivity index (χ1v) is 6.32. The van der Waals surface area contributed by atoms with Crippen LogP contribution in [0.4, 0.5) is 0 Å². The predicted octanol–water partition coefficient (Wildman–Crippen LogP) is 1.91. The Morgan fingerprint density at radius 3 is 2.65 bits per heavy atom. The number of carbonyl (C=O) groups is 1. The summed E-state index contributed by atoms with van der Waals surface area (Å²) in [4.78, 5) is 13.4. The second-order valence-electron chi connectivity index (χ2n) is 4.18. The average molecular weight is 296 g/mol. The molecule has 0 radical (unpaired) electrons. The quantitative estimate of drug-likeness (QED) is 0.866. The first kappa shape index (κ1) is 12.3. The van der Waals surface area contributed by atoms with Crippen molar-refractivity contribution in [1.29, 1.82) is 0 Å². The molecule has 90 valence electrons. The van der Waals surface area contributed by atoms with Crippen molar-refractivity contribution in [3.8, 4) is 0 Å². The van der Waals surface area contributed by atoms with Crippen LogP contribution in [0.1, 0.15) is 5.56 Å². The van der Waals surface area contributed by atoms with E-state index in [0.717, 1.165) is 10.0 Å². The fourth-order valence-corrected chi connectivity index (χ4v) is 1.98. The Hall–Kier alpha value is -1.13. The van der Waals surface area contributed by atoms with Gasteiger partial charge >= 0.3 is 0 Å². The minimum atomic E-state index is 0.0117. The molecule has 17 heavy (non-hydrogen) atoms. The summed E-state index contributed by atoms with van der Waals surface area (Å²) in [5, 5.41) is 8.86. The number of nitrogens with zero attached hydrogens (tertiary/aromatic N) is 1. The lowest BCUT2D eigenvalue weighted by Crippen LogP contribution is -2.50. The molecule has 0 spiro atoms. The maximum Gasteiger partial charge on any atom is 0.246 e. The summed E-state index contributed by atoms with van der Waals surface area (Å²) in [7, 11) is 0. The monoisotopic (exact) mass is 295 g/mol. The molecule has 1 aromatic carbocycles.